The highest BCUT2D eigenvalue weighted by Gasteiger charge is 2.39. The maximum absolute atomic E-state index is 12.2. The number of carbonyl (C=O) groups excluding carboxylic acids is 2. The number of hydrogen-bond acceptors (Lipinski definition) is 4. The van der Waals surface area contributed by atoms with E-state index in [1.165, 1.54) is 38.5 Å². The molecule has 1 unspecified atom stereocenters. The molecule has 0 heterocycles. The molecular formula is C19H31F3O4. The molecule has 0 saturated heterocycles. The summed E-state index contributed by atoms with van der Waals surface area (Å²) in [4.78, 5) is 22.6. The van der Waals surface area contributed by atoms with Crippen molar-refractivity contribution in [2.45, 2.75) is 90.3 Å². The van der Waals surface area contributed by atoms with Crippen molar-refractivity contribution in [2.24, 2.45) is 0 Å². The molecule has 152 valence electrons. The van der Waals surface area contributed by atoms with Crippen LogP contribution in [0.25, 0.3) is 0 Å². The minimum Gasteiger partial charge on any atom is -0.461 e. The van der Waals surface area contributed by atoms with E-state index in [9.17, 15) is 22.8 Å². The van der Waals surface area contributed by atoms with Gasteiger partial charge in [0, 0.05) is 0 Å². The van der Waals surface area contributed by atoms with Gasteiger partial charge < -0.3 is 9.47 Å². The third kappa shape index (κ3) is 14.8. The van der Waals surface area contributed by atoms with Gasteiger partial charge in [-0.05, 0) is 19.8 Å². The van der Waals surface area contributed by atoms with Crippen molar-refractivity contribution < 1.29 is 32.2 Å². The van der Waals surface area contributed by atoms with Gasteiger partial charge in [0.05, 0.1) is 12.8 Å². The smallest absolute Gasteiger partial charge is 0.425 e. The van der Waals surface area contributed by atoms with E-state index in [2.05, 4.69) is 11.7 Å². The lowest BCUT2D eigenvalue weighted by Crippen LogP contribution is -2.31. The average molecular weight is 380 g/mol. The Balaban J connectivity index is 3.60. The summed E-state index contributed by atoms with van der Waals surface area (Å²) in [6.07, 6.45) is 5.74. The molecule has 0 aromatic rings. The van der Waals surface area contributed by atoms with Gasteiger partial charge in [0.25, 0.3) is 0 Å². The van der Waals surface area contributed by atoms with Gasteiger partial charge in [-0.15, -0.1) is 0 Å². The van der Waals surface area contributed by atoms with Crippen molar-refractivity contribution in [1.29, 1.82) is 0 Å². The van der Waals surface area contributed by atoms with Gasteiger partial charge in [-0.2, -0.15) is 13.2 Å². The molecule has 0 aliphatic carbocycles. The Kier molecular flexibility index (Phi) is 13.8. The van der Waals surface area contributed by atoms with Crippen LogP contribution < -0.4 is 0 Å². The summed E-state index contributed by atoms with van der Waals surface area (Å²) in [7, 11) is 0. The molecule has 0 amide bonds. The predicted molar refractivity (Wildman–Crippen MR) is 93.6 cm³/mol. The second-order valence-corrected chi connectivity index (χ2v) is 6.24. The third-order valence-corrected chi connectivity index (χ3v) is 3.78. The van der Waals surface area contributed by atoms with Crippen LogP contribution in [0.15, 0.2) is 12.2 Å². The van der Waals surface area contributed by atoms with Crippen molar-refractivity contribution in [2.75, 3.05) is 6.61 Å². The highest BCUT2D eigenvalue weighted by Crippen LogP contribution is 2.22. The van der Waals surface area contributed by atoms with Crippen LogP contribution in [0.2, 0.25) is 0 Å². The van der Waals surface area contributed by atoms with Crippen LogP contribution in [-0.2, 0) is 19.1 Å². The van der Waals surface area contributed by atoms with Crippen LogP contribution in [-0.4, -0.2) is 30.8 Å². The fourth-order valence-electron chi connectivity index (χ4n) is 2.15. The fourth-order valence-corrected chi connectivity index (χ4v) is 2.15. The van der Waals surface area contributed by atoms with Crippen molar-refractivity contribution in [3.8, 4) is 0 Å². The maximum atomic E-state index is 12.2. The van der Waals surface area contributed by atoms with Gasteiger partial charge in [0.15, 0.2) is 6.10 Å². The molecule has 26 heavy (non-hydrogen) atoms. The molecule has 0 aliphatic heterocycles. The molecule has 0 bridgehead atoms. The number of carbonyl (C=O) groups is 2. The van der Waals surface area contributed by atoms with Gasteiger partial charge in [0.1, 0.15) is 6.61 Å². The predicted octanol–water partition coefficient (Wildman–Crippen LogP) is 5.50. The molecule has 0 fully saturated rings. The van der Waals surface area contributed by atoms with Crippen LogP contribution in [0.4, 0.5) is 13.2 Å². The number of rotatable bonds is 14. The SMILES string of the molecule is CCCCCCCCC/C=C/COC(=O)CCC(=O)OC(C)C(F)(F)F. The Hall–Kier alpha value is -1.53. The first kappa shape index (κ1) is 24.5. The van der Waals surface area contributed by atoms with E-state index in [1.54, 1.807) is 6.08 Å². The van der Waals surface area contributed by atoms with E-state index in [4.69, 9.17) is 4.74 Å². The monoisotopic (exact) mass is 380 g/mol. The second-order valence-electron chi connectivity index (χ2n) is 6.24. The Morgan fingerprint density at radius 1 is 0.923 bits per heavy atom. The van der Waals surface area contributed by atoms with Crippen LogP contribution in [0, 0.1) is 0 Å². The molecule has 0 aromatic heterocycles. The molecule has 0 rings (SSSR count). The van der Waals surface area contributed by atoms with Crippen LogP contribution in [0.3, 0.4) is 0 Å². The van der Waals surface area contributed by atoms with E-state index in [0.717, 1.165) is 19.8 Å². The summed E-state index contributed by atoms with van der Waals surface area (Å²) in [6, 6.07) is 0. The minimum atomic E-state index is -4.60. The van der Waals surface area contributed by atoms with E-state index >= 15 is 0 Å². The molecule has 0 spiro atoms. The average Bonchev–Trinajstić information content (AvgIpc) is 2.57. The first-order valence-electron chi connectivity index (χ1n) is 9.34. The molecular weight excluding hydrogens is 349 g/mol. The fraction of sp³-hybridized carbons (Fsp3) is 0.789. The molecule has 7 heteroatoms. The Labute approximate surface area is 154 Å². The van der Waals surface area contributed by atoms with E-state index in [0.29, 0.717) is 0 Å². The van der Waals surface area contributed by atoms with Crippen molar-refractivity contribution in [1.82, 2.24) is 0 Å². The quantitative estimate of drug-likeness (QED) is 0.227. The zero-order valence-electron chi connectivity index (χ0n) is 15.8. The van der Waals surface area contributed by atoms with Gasteiger partial charge in [-0.3, -0.25) is 9.59 Å². The number of unbranched alkanes of at least 4 members (excludes halogenated alkanes) is 7. The number of esters is 2. The second kappa shape index (κ2) is 14.6. The molecule has 1 atom stereocenters. The minimum absolute atomic E-state index is 0.101. The number of hydrogen-bond donors (Lipinski definition) is 0. The number of alkyl halides is 3. The Morgan fingerprint density at radius 3 is 2.12 bits per heavy atom. The molecule has 0 radical (unpaired) electrons. The first-order chi connectivity index (χ1) is 12.3. The van der Waals surface area contributed by atoms with E-state index in [-0.39, 0.29) is 13.0 Å². The van der Waals surface area contributed by atoms with Crippen LogP contribution in [0.1, 0.15) is 78.1 Å². The van der Waals surface area contributed by atoms with Crippen LogP contribution in [0.5, 0.6) is 0 Å². The topological polar surface area (TPSA) is 52.6 Å². The van der Waals surface area contributed by atoms with Gasteiger partial charge in [0.2, 0.25) is 0 Å². The molecule has 0 aliphatic rings. The number of halogens is 3. The van der Waals surface area contributed by atoms with Gasteiger partial charge >= 0.3 is 18.1 Å². The molecule has 0 saturated carbocycles. The zero-order chi connectivity index (χ0) is 19.8. The number of ether oxygens (including phenoxy) is 2. The standard InChI is InChI=1S/C19H31F3O4/c1-3-4-5-6-7-8-9-10-11-12-15-25-17(23)13-14-18(24)26-16(2)19(20,21)22/h11-12,16H,3-10,13-15H2,1-2H3/b12-11+. The molecule has 0 aromatic carbocycles. The lowest BCUT2D eigenvalue weighted by atomic mass is 10.1. The maximum Gasteiger partial charge on any atom is 0.425 e. The van der Waals surface area contributed by atoms with Crippen molar-refractivity contribution in [3.63, 3.8) is 0 Å². The van der Waals surface area contributed by atoms with Crippen molar-refractivity contribution in [3.05, 3.63) is 12.2 Å². The Bertz CT molecular complexity index is 419. The lowest BCUT2D eigenvalue weighted by Gasteiger charge is -2.15. The summed E-state index contributed by atoms with van der Waals surface area (Å²) >= 11 is 0. The highest BCUT2D eigenvalue weighted by atomic mass is 19.4. The summed E-state index contributed by atoms with van der Waals surface area (Å²) in [5, 5.41) is 0. The van der Waals surface area contributed by atoms with E-state index < -0.39 is 30.6 Å². The largest absolute Gasteiger partial charge is 0.461 e. The normalized spacial score (nSPS) is 13.0. The first-order valence-corrected chi connectivity index (χ1v) is 9.34. The summed E-state index contributed by atoms with van der Waals surface area (Å²) in [5.41, 5.74) is 0. The molecule has 4 nitrogen and oxygen atoms in total. The van der Waals surface area contributed by atoms with Crippen molar-refractivity contribution >= 4 is 11.9 Å². The highest BCUT2D eigenvalue weighted by molar-refractivity contribution is 5.77. The Morgan fingerprint density at radius 2 is 1.50 bits per heavy atom. The van der Waals surface area contributed by atoms with Crippen LogP contribution >= 0.6 is 0 Å². The lowest BCUT2D eigenvalue weighted by molar-refractivity contribution is -0.216. The summed E-state index contributed by atoms with van der Waals surface area (Å²) in [6.45, 7) is 3.03. The van der Waals surface area contributed by atoms with Gasteiger partial charge in [-0.1, -0.05) is 57.6 Å². The third-order valence-electron chi connectivity index (χ3n) is 3.78. The van der Waals surface area contributed by atoms with E-state index in [1.807, 2.05) is 6.08 Å². The van der Waals surface area contributed by atoms with Gasteiger partial charge in [-0.25, -0.2) is 0 Å². The summed E-state index contributed by atoms with van der Waals surface area (Å²) in [5.74, 6) is -1.71. The number of allylic oxidation sites excluding steroid dienone is 1. The summed E-state index contributed by atoms with van der Waals surface area (Å²) < 4.78 is 45.7. The molecule has 0 N–H and O–H groups in total. The zero-order valence-corrected chi connectivity index (χ0v) is 15.8.